The average molecular weight is 214 g/mol. The van der Waals surface area contributed by atoms with E-state index in [9.17, 15) is 13.6 Å². The SMILES string of the molecule is CCC(F)(F)C(=O)OCc1ccccc1. The quantitative estimate of drug-likeness (QED) is 0.720. The third-order valence-corrected chi connectivity index (χ3v) is 1.96. The van der Waals surface area contributed by atoms with E-state index in [1.54, 1.807) is 30.3 Å². The van der Waals surface area contributed by atoms with Crippen LogP contribution < -0.4 is 0 Å². The van der Waals surface area contributed by atoms with E-state index in [0.29, 0.717) is 5.56 Å². The first kappa shape index (κ1) is 11.6. The molecule has 0 unspecified atom stereocenters. The van der Waals surface area contributed by atoms with Crippen LogP contribution in [-0.2, 0) is 16.1 Å². The number of ether oxygens (including phenoxy) is 1. The Morgan fingerprint density at radius 2 is 1.93 bits per heavy atom. The summed E-state index contributed by atoms with van der Waals surface area (Å²) in [6, 6.07) is 8.71. The Hall–Kier alpha value is -1.45. The normalized spacial score (nSPS) is 11.1. The first-order valence-electron chi connectivity index (χ1n) is 4.65. The molecule has 0 heterocycles. The lowest BCUT2D eigenvalue weighted by molar-refractivity contribution is -0.173. The molecule has 15 heavy (non-hydrogen) atoms. The highest BCUT2D eigenvalue weighted by atomic mass is 19.3. The fourth-order valence-corrected chi connectivity index (χ4v) is 0.973. The average Bonchev–Trinajstić information content (AvgIpc) is 2.27. The zero-order valence-electron chi connectivity index (χ0n) is 8.37. The number of hydrogen-bond donors (Lipinski definition) is 0. The van der Waals surface area contributed by atoms with Gasteiger partial charge in [-0.05, 0) is 5.56 Å². The van der Waals surface area contributed by atoms with Gasteiger partial charge in [-0.1, -0.05) is 37.3 Å². The topological polar surface area (TPSA) is 26.3 Å². The number of alkyl halides is 2. The second kappa shape index (κ2) is 4.87. The van der Waals surface area contributed by atoms with Crippen molar-refractivity contribution in [2.45, 2.75) is 25.9 Å². The maximum absolute atomic E-state index is 12.8. The molecule has 0 spiro atoms. The minimum atomic E-state index is -3.38. The fraction of sp³-hybridized carbons (Fsp3) is 0.364. The summed E-state index contributed by atoms with van der Waals surface area (Å²) < 4.78 is 30.0. The van der Waals surface area contributed by atoms with Gasteiger partial charge in [0, 0.05) is 6.42 Å². The van der Waals surface area contributed by atoms with Crippen LogP contribution in [0, 0.1) is 0 Å². The van der Waals surface area contributed by atoms with Crippen LogP contribution in [0.3, 0.4) is 0 Å². The molecular weight excluding hydrogens is 202 g/mol. The number of esters is 1. The lowest BCUT2D eigenvalue weighted by Crippen LogP contribution is -2.29. The van der Waals surface area contributed by atoms with Gasteiger partial charge < -0.3 is 4.74 Å². The maximum Gasteiger partial charge on any atom is 0.377 e. The standard InChI is InChI=1S/C11H12F2O2/c1-2-11(12,13)10(14)15-8-9-6-4-3-5-7-9/h3-7H,2,8H2,1H3. The third-order valence-electron chi connectivity index (χ3n) is 1.96. The van der Waals surface area contributed by atoms with Gasteiger partial charge >= 0.3 is 11.9 Å². The largest absolute Gasteiger partial charge is 0.456 e. The molecule has 1 aromatic rings. The first-order valence-corrected chi connectivity index (χ1v) is 4.65. The number of carbonyl (C=O) groups is 1. The van der Waals surface area contributed by atoms with E-state index in [0.717, 1.165) is 0 Å². The van der Waals surface area contributed by atoms with Crippen LogP contribution in [0.15, 0.2) is 30.3 Å². The molecule has 0 amide bonds. The first-order chi connectivity index (χ1) is 7.06. The van der Waals surface area contributed by atoms with E-state index < -0.39 is 18.3 Å². The van der Waals surface area contributed by atoms with Gasteiger partial charge in [0.05, 0.1) is 0 Å². The molecule has 82 valence electrons. The monoisotopic (exact) mass is 214 g/mol. The Kier molecular flexibility index (Phi) is 3.77. The second-order valence-electron chi connectivity index (χ2n) is 3.12. The molecule has 0 bridgehead atoms. The van der Waals surface area contributed by atoms with Gasteiger partial charge in [-0.3, -0.25) is 0 Å². The van der Waals surface area contributed by atoms with Crippen molar-refractivity contribution in [1.82, 2.24) is 0 Å². The van der Waals surface area contributed by atoms with Crippen molar-refractivity contribution in [3.05, 3.63) is 35.9 Å². The summed E-state index contributed by atoms with van der Waals surface area (Å²) in [5, 5.41) is 0. The van der Waals surface area contributed by atoms with Crippen LogP contribution in [0.5, 0.6) is 0 Å². The Balaban J connectivity index is 2.48. The van der Waals surface area contributed by atoms with E-state index in [4.69, 9.17) is 0 Å². The van der Waals surface area contributed by atoms with E-state index in [-0.39, 0.29) is 6.61 Å². The Bertz CT molecular complexity index is 323. The highest BCUT2D eigenvalue weighted by Gasteiger charge is 2.38. The molecule has 0 fully saturated rings. The van der Waals surface area contributed by atoms with Crippen LogP contribution in [-0.4, -0.2) is 11.9 Å². The lowest BCUT2D eigenvalue weighted by Gasteiger charge is -2.12. The van der Waals surface area contributed by atoms with Crippen LogP contribution in [0.2, 0.25) is 0 Å². The van der Waals surface area contributed by atoms with Gasteiger partial charge in [0.15, 0.2) is 0 Å². The summed E-state index contributed by atoms with van der Waals surface area (Å²) >= 11 is 0. The molecule has 0 aliphatic rings. The van der Waals surface area contributed by atoms with Gasteiger partial charge in [-0.2, -0.15) is 8.78 Å². The fourth-order valence-electron chi connectivity index (χ4n) is 0.973. The Morgan fingerprint density at radius 1 is 1.33 bits per heavy atom. The van der Waals surface area contributed by atoms with Crippen molar-refractivity contribution in [2.75, 3.05) is 0 Å². The molecule has 0 saturated heterocycles. The molecule has 0 aliphatic heterocycles. The van der Waals surface area contributed by atoms with Crippen molar-refractivity contribution >= 4 is 5.97 Å². The molecule has 0 saturated carbocycles. The van der Waals surface area contributed by atoms with Gasteiger partial charge in [0.25, 0.3) is 0 Å². The number of benzene rings is 1. The molecule has 4 heteroatoms. The Morgan fingerprint density at radius 3 is 2.47 bits per heavy atom. The molecule has 0 aromatic heterocycles. The minimum Gasteiger partial charge on any atom is -0.456 e. The number of rotatable bonds is 4. The molecule has 1 rings (SSSR count). The van der Waals surface area contributed by atoms with Crippen molar-refractivity contribution < 1.29 is 18.3 Å². The van der Waals surface area contributed by atoms with Crippen LogP contribution in [0.25, 0.3) is 0 Å². The smallest absolute Gasteiger partial charge is 0.377 e. The number of hydrogen-bond acceptors (Lipinski definition) is 2. The van der Waals surface area contributed by atoms with Gasteiger partial charge in [0.2, 0.25) is 0 Å². The molecule has 2 nitrogen and oxygen atoms in total. The zero-order chi connectivity index (χ0) is 11.3. The predicted molar refractivity (Wildman–Crippen MR) is 51.5 cm³/mol. The summed E-state index contributed by atoms with van der Waals surface area (Å²) in [5.41, 5.74) is 0.692. The summed E-state index contributed by atoms with van der Waals surface area (Å²) in [4.78, 5) is 10.9. The van der Waals surface area contributed by atoms with Crippen molar-refractivity contribution in [2.24, 2.45) is 0 Å². The number of halogens is 2. The number of carbonyl (C=O) groups excluding carboxylic acids is 1. The van der Waals surface area contributed by atoms with E-state index in [1.165, 1.54) is 6.92 Å². The molecule has 0 radical (unpaired) electrons. The molecule has 0 atom stereocenters. The van der Waals surface area contributed by atoms with Crippen molar-refractivity contribution in [1.29, 1.82) is 0 Å². The summed E-state index contributed by atoms with van der Waals surface area (Å²) in [7, 11) is 0. The molecular formula is C11H12F2O2. The van der Waals surface area contributed by atoms with E-state index >= 15 is 0 Å². The molecule has 1 aromatic carbocycles. The van der Waals surface area contributed by atoms with Crippen LogP contribution >= 0.6 is 0 Å². The van der Waals surface area contributed by atoms with E-state index in [2.05, 4.69) is 4.74 Å². The second-order valence-corrected chi connectivity index (χ2v) is 3.12. The highest BCUT2D eigenvalue weighted by molar-refractivity contribution is 5.77. The maximum atomic E-state index is 12.8. The summed E-state index contributed by atoms with van der Waals surface area (Å²) in [6.07, 6.45) is -0.541. The van der Waals surface area contributed by atoms with Crippen molar-refractivity contribution in [3.8, 4) is 0 Å². The molecule has 0 N–H and O–H groups in total. The highest BCUT2D eigenvalue weighted by Crippen LogP contribution is 2.20. The lowest BCUT2D eigenvalue weighted by atomic mass is 10.2. The predicted octanol–water partition coefficient (Wildman–Crippen LogP) is 2.78. The van der Waals surface area contributed by atoms with Crippen LogP contribution in [0.4, 0.5) is 8.78 Å². The minimum absolute atomic E-state index is 0.116. The van der Waals surface area contributed by atoms with Gasteiger partial charge in [-0.15, -0.1) is 0 Å². The Labute approximate surface area is 86.9 Å². The van der Waals surface area contributed by atoms with Crippen LogP contribution in [0.1, 0.15) is 18.9 Å². The third kappa shape index (κ3) is 3.31. The molecule has 0 aliphatic carbocycles. The van der Waals surface area contributed by atoms with E-state index in [1.807, 2.05) is 0 Å². The van der Waals surface area contributed by atoms with Crippen molar-refractivity contribution in [3.63, 3.8) is 0 Å². The summed E-state index contributed by atoms with van der Waals surface area (Å²) in [6.45, 7) is 1.12. The summed E-state index contributed by atoms with van der Waals surface area (Å²) in [5.74, 6) is -4.84. The van der Waals surface area contributed by atoms with Gasteiger partial charge in [0.1, 0.15) is 6.61 Å². The van der Waals surface area contributed by atoms with Gasteiger partial charge in [-0.25, -0.2) is 4.79 Å². The zero-order valence-corrected chi connectivity index (χ0v) is 8.37.